The maximum absolute atomic E-state index is 4.77. The van der Waals surface area contributed by atoms with Crippen LogP contribution in [0.15, 0.2) is 67.1 Å². The summed E-state index contributed by atoms with van der Waals surface area (Å²) < 4.78 is 2.04. The Morgan fingerprint density at radius 3 is 2.62 bits per heavy atom. The summed E-state index contributed by atoms with van der Waals surface area (Å²) in [5, 5.41) is 3.58. The Kier molecular flexibility index (Phi) is 3.50. The minimum atomic E-state index is 0.823. The molecule has 0 amide bonds. The highest BCUT2D eigenvalue weighted by atomic mass is 15.1. The summed E-state index contributed by atoms with van der Waals surface area (Å²) in [7, 11) is 0. The van der Waals surface area contributed by atoms with Gasteiger partial charge in [0.2, 0.25) is 0 Å². The van der Waals surface area contributed by atoms with Crippen molar-refractivity contribution in [2.75, 3.05) is 5.32 Å². The van der Waals surface area contributed by atoms with Crippen molar-refractivity contribution in [2.24, 2.45) is 0 Å². The van der Waals surface area contributed by atoms with Crippen LogP contribution in [0.2, 0.25) is 0 Å². The molecule has 0 saturated heterocycles. The molecular weight excluding hydrogens is 296 g/mol. The van der Waals surface area contributed by atoms with Crippen molar-refractivity contribution in [3.63, 3.8) is 0 Å². The van der Waals surface area contributed by atoms with Gasteiger partial charge < -0.3 is 5.32 Å². The van der Waals surface area contributed by atoms with Crippen molar-refractivity contribution < 1.29 is 0 Å². The topological polar surface area (TPSA) is 42.2 Å². The Morgan fingerprint density at radius 1 is 0.958 bits per heavy atom. The summed E-state index contributed by atoms with van der Waals surface area (Å²) in [5.41, 5.74) is 6.41. The Bertz CT molecular complexity index is 1000. The molecule has 0 atom stereocenters. The number of imidazole rings is 1. The molecule has 2 aromatic heterocycles. The molecule has 4 nitrogen and oxygen atoms in total. The van der Waals surface area contributed by atoms with Crippen molar-refractivity contribution in [1.82, 2.24) is 14.4 Å². The molecule has 0 aliphatic rings. The molecule has 0 radical (unpaired) electrons. The highest BCUT2D eigenvalue weighted by Gasteiger charge is 2.15. The van der Waals surface area contributed by atoms with Crippen LogP contribution in [0.25, 0.3) is 16.9 Å². The number of hydrogen-bond acceptors (Lipinski definition) is 3. The van der Waals surface area contributed by atoms with Crippen molar-refractivity contribution in [3.05, 3.63) is 78.2 Å². The molecule has 0 spiro atoms. The smallest absolute Gasteiger partial charge is 0.157 e. The van der Waals surface area contributed by atoms with Gasteiger partial charge >= 0.3 is 0 Å². The summed E-state index contributed by atoms with van der Waals surface area (Å²) in [6.07, 6.45) is 5.49. The van der Waals surface area contributed by atoms with Gasteiger partial charge in [0.1, 0.15) is 11.5 Å². The predicted octanol–water partition coefficient (Wildman–Crippen LogP) is 4.76. The highest BCUT2D eigenvalue weighted by molar-refractivity contribution is 5.80. The third-order valence-electron chi connectivity index (χ3n) is 4.34. The molecule has 2 heterocycles. The molecule has 0 aliphatic carbocycles. The van der Waals surface area contributed by atoms with E-state index in [4.69, 9.17) is 4.98 Å². The molecule has 118 valence electrons. The lowest BCUT2D eigenvalue weighted by atomic mass is 10.1. The second kappa shape index (κ2) is 5.81. The first-order valence-electron chi connectivity index (χ1n) is 7.95. The average Bonchev–Trinajstić information content (AvgIpc) is 2.98. The Hall–Kier alpha value is -3.14. The zero-order chi connectivity index (χ0) is 16.5. The van der Waals surface area contributed by atoms with E-state index >= 15 is 0 Å². The van der Waals surface area contributed by atoms with Crippen LogP contribution < -0.4 is 5.32 Å². The predicted molar refractivity (Wildman–Crippen MR) is 97.6 cm³/mol. The van der Waals surface area contributed by atoms with E-state index in [1.165, 1.54) is 11.1 Å². The van der Waals surface area contributed by atoms with Gasteiger partial charge in [-0.1, -0.05) is 42.5 Å². The van der Waals surface area contributed by atoms with E-state index in [0.29, 0.717) is 0 Å². The summed E-state index contributed by atoms with van der Waals surface area (Å²) in [6.45, 7) is 4.25. The number of aryl methyl sites for hydroxylation is 1. The van der Waals surface area contributed by atoms with E-state index in [-0.39, 0.29) is 0 Å². The lowest BCUT2D eigenvalue weighted by molar-refractivity contribution is 1.13. The van der Waals surface area contributed by atoms with Crippen LogP contribution >= 0.6 is 0 Å². The lowest BCUT2D eigenvalue weighted by Gasteiger charge is -2.12. The Morgan fingerprint density at radius 2 is 1.79 bits per heavy atom. The molecule has 4 aromatic rings. The molecule has 0 unspecified atom stereocenters. The summed E-state index contributed by atoms with van der Waals surface area (Å²) in [5.74, 6) is 0.951. The second-order valence-corrected chi connectivity index (χ2v) is 5.85. The van der Waals surface area contributed by atoms with E-state index in [9.17, 15) is 0 Å². The number of nitrogens with zero attached hydrogens (tertiary/aromatic N) is 3. The monoisotopic (exact) mass is 314 g/mol. The van der Waals surface area contributed by atoms with Crippen LogP contribution in [-0.2, 0) is 0 Å². The quantitative estimate of drug-likeness (QED) is 0.593. The van der Waals surface area contributed by atoms with Crippen molar-refractivity contribution in [2.45, 2.75) is 13.8 Å². The lowest BCUT2D eigenvalue weighted by Crippen LogP contribution is -1.99. The number of aromatic nitrogens is 3. The molecule has 4 rings (SSSR count). The molecule has 0 saturated carbocycles. The normalized spacial score (nSPS) is 10.9. The number of anilines is 2. The largest absolute Gasteiger partial charge is 0.339 e. The molecule has 4 heteroatoms. The zero-order valence-electron chi connectivity index (χ0n) is 13.7. The van der Waals surface area contributed by atoms with Crippen LogP contribution in [0.5, 0.6) is 0 Å². The first-order chi connectivity index (χ1) is 11.7. The Balaban J connectivity index is 1.91. The van der Waals surface area contributed by atoms with Gasteiger partial charge in [0.05, 0.1) is 6.20 Å². The summed E-state index contributed by atoms with van der Waals surface area (Å²) in [6, 6.07) is 16.5. The van der Waals surface area contributed by atoms with Gasteiger partial charge in [-0.05, 0) is 31.0 Å². The molecule has 24 heavy (non-hydrogen) atoms. The van der Waals surface area contributed by atoms with Gasteiger partial charge in [-0.25, -0.2) is 4.98 Å². The second-order valence-electron chi connectivity index (χ2n) is 5.85. The minimum absolute atomic E-state index is 0.823. The number of nitrogens with one attached hydrogen (secondary N) is 1. The maximum Gasteiger partial charge on any atom is 0.157 e. The van der Waals surface area contributed by atoms with Gasteiger partial charge in [-0.15, -0.1) is 0 Å². The molecule has 2 aromatic carbocycles. The third kappa shape index (κ3) is 2.42. The first-order valence-corrected chi connectivity index (χ1v) is 7.95. The molecule has 1 N–H and O–H groups in total. The van der Waals surface area contributed by atoms with Gasteiger partial charge in [-0.3, -0.25) is 9.38 Å². The van der Waals surface area contributed by atoms with E-state index < -0.39 is 0 Å². The highest BCUT2D eigenvalue weighted by Crippen LogP contribution is 2.32. The summed E-state index contributed by atoms with van der Waals surface area (Å²) >= 11 is 0. The number of rotatable bonds is 3. The van der Waals surface area contributed by atoms with Crippen LogP contribution in [0, 0.1) is 13.8 Å². The fourth-order valence-corrected chi connectivity index (χ4v) is 2.84. The van der Waals surface area contributed by atoms with Gasteiger partial charge in [0, 0.05) is 23.6 Å². The van der Waals surface area contributed by atoms with E-state index in [2.05, 4.69) is 54.5 Å². The van der Waals surface area contributed by atoms with Crippen LogP contribution in [0.1, 0.15) is 11.1 Å². The van der Waals surface area contributed by atoms with Crippen molar-refractivity contribution in [1.29, 1.82) is 0 Å². The van der Waals surface area contributed by atoms with Gasteiger partial charge in [-0.2, -0.15) is 0 Å². The number of fused-ring (bicyclic) bond motifs is 1. The average molecular weight is 314 g/mol. The first kappa shape index (κ1) is 14.5. The van der Waals surface area contributed by atoms with Crippen LogP contribution in [0.3, 0.4) is 0 Å². The van der Waals surface area contributed by atoms with Gasteiger partial charge in [0.25, 0.3) is 0 Å². The molecule has 0 fully saturated rings. The minimum Gasteiger partial charge on any atom is -0.339 e. The summed E-state index contributed by atoms with van der Waals surface area (Å²) in [4.78, 5) is 8.96. The van der Waals surface area contributed by atoms with Crippen molar-refractivity contribution in [3.8, 4) is 11.3 Å². The fraction of sp³-hybridized carbons (Fsp3) is 0.100. The van der Waals surface area contributed by atoms with Crippen LogP contribution in [-0.4, -0.2) is 14.4 Å². The fourth-order valence-electron chi connectivity index (χ4n) is 2.84. The molecular formula is C20H18N4. The van der Waals surface area contributed by atoms with E-state index in [1.807, 2.05) is 28.8 Å². The van der Waals surface area contributed by atoms with Crippen molar-refractivity contribution >= 4 is 17.2 Å². The Labute approximate surface area is 140 Å². The number of hydrogen-bond donors (Lipinski definition) is 1. The number of benzene rings is 2. The van der Waals surface area contributed by atoms with E-state index in [1.54, 1.807) is 12.4 Å². The standard InChI is InChI=1S/C20H18N4/c1-14-7-6-10-17(15(14)2)22-20-19(16-8-4-3-5-9-16)23-18-13-21-11-12-24(18)20/h3-13,22H,1-2H3. The molecule has 0 aliphatic heterocycles. The van der Waals surface area contributed by atoms with Crippen LogP contribution in [0.4, 0.5) is 11.5 Å². The third-order valence-corrected chi connectivity index (χ3v) is 4.34. The van der Waals surface area contributed by atoms with E-state index in [0.717, 1.165) is 28.4 Å². The SMILES string of the molecule is Cc1cccc(Nc2c(-c3ccccc3)nc3cnccn23)c1C. The van der Waals surface area contributed by atoms with Gasteiger partial charge in [0.15, 0.2) is 5.65 Å². The zero-order valence-corrected chi connectivity index (χ0v) is 13.7. The maximum atomic E-state index is 4.77. The molecule has 0 bridgehead atoms.